The molecule has 1 aliphatic rings. The minimum Gasteiger partial charge on any atom is -1.00 e. The molecule has 3 heteroatoms. The molecule has 1 unspecified atom stereocenters. The molecule has 0 radical (unpaired) electrons. The lowest BCUT2D eigenvalue weighted by Crippen LogP contribution is -3.11. The minimum absolute atomic E-state index is 0. The molecule has 0 bridgehead atoms. The van der Waals surface area contributed by atoms with Gasteiger partial charge in [-0.05, 0) is 31.2 Å². The van der Waals surface area contributed by atoms with Crippen molar-refractivity contribution in [3.8, 4) is 0 Å². The van der Waals surface area contributed by atoms with E-state index in [0.29, 0.717) is 0 Å². The van der Waals surface area contributed by atoms with E-state index in [9.17, 15) is 0 Å². The first-order chi connectivity index (χ1) is 8.36. The summed E-state index contributed by atoms with van der Waals surface area (Å²) < 4.78 is 0. The van der Waals surface area contributed by atoms with Gasteiger partial charge in [0.2, 0.25) is 0 Å². The Hall–Kier alpha value is -0.570. The fraction of sp³-hybridized carbons (Fsp3) is 0.600. The molecular formula is C15H25ClN2. The van der Waals surface area contributed by atoms with Gasteiger partial charge in [0.05, 0.1) is 19.6 Å². The average Bonchev–Trinajstić information content (AvgIpc) is 2.65. The monoisotopic (exact) mass is 268 g/mol. The predicted molar refractivity (Wildman–Crippen MR) is 72.0 cm³/mol. The zero-order valence-electron chi connectivity index (χ0n) is 11.1. The Kier molecular flexibility index (Phi) is 7.33. The molecule has 3 N–H and O–H groups in total. The SMILES string of the molecule is NC(CC[NH+]1CCCCCC1)c1ccccc1.[Cl-]. The van der Waals surface area contributed by atoms with Crippen molar-refractivity contribution >= 4 is 0 Å². The largest absolute Gasteiger partial charge is 1.00 e. The number of likely N-dealkylation sites (tertiary alicyclic amines) is 1. The van der Waals surface area contributed by atoms with Crippen molar-refractivity contribution in [2.24, 2.45) is 5.73 Å². The standard InChI is InChI=1S/C15H24N2.ClH/c16-15(14-8-4-3-5-9-14)10-13-17-11-6-1-2-7-12-17;/h3-5,8-9,15H,1-2,6-7,10-13,16H2;1H. The normalized spacial score (nSPS) is 18.7. The molecule has 0 amide bonds. The molecule has 1 atom stereocenters. The molecule has 1 aliphatic heterocycles. The summed E-state index contributed by atoms with van der Waals surface area (Å²) in [6.07, 6.45) is 6.76. The molecule has 0 aromatic heterocycles. The van der Waals surface area contributed by atoms with E-state index in [2.05, 4.69) is 30.3 Å². The molecule has 1 heterocycles. The molecule has 1 saturated heterocycles. The van der Waals surface area contributed by atoms with Gasteiger partial charge in [-0.3, -0.25) is 0 Å². The summed E-state index contributed by atoms with van der Waals surface area (Å²) in [7, 11) is 0. The highest BCUT2D eigenvalue weighted by Crippen LogP contribution is 2.11. The smallest absolute Gasteiger partial charge is 0.0789 e. The molecular weight excluding hydrogens is 244 g/mol. The summed E-state index contributed by atoms with van der Waals surface area (Å²) in [4.78, 5) is 1.76. The van der Waals surface area contributed by atoms with Gasteiger partial charge in [-0.2, -0.15) is 0 Å². The van der Waals surface area contributed by atoms with E-state index in [1.54, 1.807) is 4.90 Å². The summed E-state index contributed by atoms with van der Waals surface area (Å²) in [5.41, 5.74) is 7.52. The first-order valence-corrected chi connectivity index (χ1v) is 7.00. The van der Waals surface area contributed by atoms with Crippen molar-refractivity contribution < 1.29 is 17.3 Å². The maximum atomic E-state index is 6.24. The summed E-state index contributed by atoms with van der Waals surface area (Å²) in [5.74, 6) is 0. The van der Waals surface area contributed by atoms with Gasteiger partial charge in [0.25, 0.3) is 0 Å². The first kappa shape index (κ1) is 15.5. The topological polar surface area (TPSA) is 30.5 Å². The number of benzene rings is 1. The van der Waals surface area contributed by atoms with Gasteiger partial charge in [0, 0.05) is 12.5 Å². The Morgan fingerprint density at radius 3 is 2.22 bits per heavy atom. The molecule has 2 nitrogen and oxygen atoms in total. The van der Waals surface area contributed by atoms with Gasteiger partial charge in [-0.1, -0.05) is 30.3 Å². The van der Waals surface area contributed by atoms with E-state index < -0.39 is 0 Å². The van der Waals surface area contributed by atoms with Gasteiger partial charge < -0.3 is 23.0 Å². The van der Waals surface area contributed by atoms with Crippen molar-refractivity contribution in [1.82, 2.24) is 0 Å². The van der Waals surface area contributed by atoms with Gasteiger partial charge >= 0.3 is 0 Å². The third-order valence-electron chi connectivity index (χ3n) is 3.85. The summed E-state index contributed by atoms with van der Waals surface area (Å²) in [5, 5.41) is 0. The highest BCUT2D eigenvalue weighted by molar-refractivity contribution is 5.18. The lowest BCUT2D eigenvalue weighted by atomic mass is 10.0. The molecule has 0 spiro atoms. The Bertz CT molecular complexity index is 308. The second-order valence-electron chi connectivity index (χ2n) is 5.22. The van der Waals surface area contributed by atoms with E-state index in [-0.39, 0.29) is 18.4 Å². The number of hydrogen-bond acceptors (Lipinski definition) is 1. The van der Waals surface area contributed by atoms with Crippen LogP contribution in [0.25, 0.3) is 0 Å². The van der Waals surface area contributed by atoms with E-state index in [0.717, 1.165) is 6.42 Å². The molecule has 1 fully saturated rings. The zero-order chi connectivity index (χ0) is 11.9. The van der Waals surface area contributed by atoms with Crippen molar-refractivity contribution in [3.63, 3.8) is 0 Å². The third-order valence-corrected chi connectivity index (χ3v) is 3.85. The molecule has 18 heavy (non-hydrogen) atoms. The van der Waals surface area contributed by atoms with Crippen LogP contribution in [0.2, 0.25) is 0 Å². The van der Waals surface area contributed by atoms with Crippen LogP contribution in [-0.2, 0) is 0 Å². The Balaban J connectivity index is 0.00000162. The molecule has 0 saturated carbocycles. The second-order valence-corrected chi connectivity index (χ2v) is 5.22. The van der Waals surface area contributed by atoms with Gasteiger partial charge in [-0.15, -0.1) is 0 Å². The van der Waals surface area contributed by atoms with Crippen LogP contribution in [0.4, 0.5) is 0 Å². The van der Waals surface area contributed by atoms with E-state index in [1.165, 1.54) is 50.9 Å². The number of quaternary nitrogens is 1. The Labute approximate surface area is 117 Å². The van der Waals surface area contributed by atoms with Gasteiger partial charge in [0.15, 0.2) is 0 Å². The summed E-state index contributed by atoms with van der Waals surface area (Å²) in [6, 6.07) is 10.7. The number of halogens is 1. The van der Waals surface area contributed by atoms with Crippen molar-refractivity contribution in [2.45, 2.75) is 38.1 Å². The molecule has 102 valence electrons. The minimum atomic E-state index is 0. The second kappa shape index (κ2) is 8.52. The number of nitrogens with two attached hydrogens (primary N) is 1. The van der Waals surface area contributed by atoms with Crippen molar-refractivity contribution in [1.29, 1.82) is 0 Å². The fourth-order valence-electron chi connectivity index (χ4n) is 2.71. The van der Waals surface area contributed by atoms with Gasteiger partial charge in [0.1, 0.15) is 0 Å². The number of hydrogen-bond donors (Lipinski definition) is 2. The summed E-state index contributed by atoms with van der Waals surface area (Å²) in [6.45, 7) is 3.93. The highest BCUT2D eigenvalue weighted by Gasteiger charge is 2.14. The lowest BCUT2D eigenvalue weighted by molar-refractivity contribution is -0.899. The molecule has 0 aliphatic carbocycles. The Morgan fingerprint density at radius 1 is 1.00 bits per heavy atom. The van der Waals surface area contributed by atoms with Crippen LogP contribution in [0, 0.1) is 0 Å². The number of nitrogens with one attached hydrogen (secondary N) is 1. The maximum absolute atomic E-state index is 6.24. The number of rotatable bonds is 4. The van der Waals surface area contributed by atoms with Crippen LogP contribution in [0.1, 0.15) is 43.7 Å². The van der Waals surface area contributed by atoms with Crippen LogP contribution in [0.15, 0.2) is 30.3 Å². The van der Waals surface area contributed by atoms with Crippen LogP contribution in [0.5, 0.6) is 0 Å². The van der Waals surface area contributed by atoms with E-state index in [4.69, 9.17) is 5.73 Å². The van der Waals surface area contributed by atoms with E-state index in [1.807, 2.05) is 0 Å². The Morgan fingerprint density at radius 2 is 1.61 bits per heavy atom. The average molecular weight is 269 g/mol. The zero-order valence-corrected chi connectivity index (χ0v) is 11.8. The lowest BCUT2D eigenvalue weighted by Gasteiger charge is -2.19. The van der Waals surface area contributed by atoms with Crippen LogP contribution in [-0.4, -0.2) is 19.6 Å². The van der Waals surface area contributed by atoms with Crippen LogP contribution >= 0.6 is 0 Å². The van der Waals surface area contributed by atoms with Crippen molar-refractivity contribution in [2.75, 3.05) is 19.6 Å². The molecule has 1 aromatic rings. The summed E-state index contributed by atoms with van der Waals surface area (Å²) >= 11 is 0. The first-order valence-electron chi connectivity index (χ1n) is 7.00. The molecule has 2 rings (SSSR count). The van der Waals surface area contributed by atoms with Crippen molar-refractivity contribution in [3.05, 3.63) is 35.9 Å². The third kappa shape index (κ3) is 4.97. The van der Waals surface area contributed by atoms with Crippen LogP contribution in [0.3, 0.4) is 0 Å². The van der Waals surface area contributed by atoms with E-state index >= 15 is 0 Å². The highest BCUT2D eigenvalue weighted by atomic mass is 35.5. The van der Waals surface area contributed by atoms with Gasteiger partial charge in [-0.25, -0.2) is 0 Å². The molecule has 1 aromatic carbocycles. The quantitative estimate of drug-likeness (QED) is 0.687. The fourth-order valence-corrected chi connectivity index (χ4v) is 2.71. The predicted octanol–water partition coefficient (Wildman–Crippen LogP) is -1.46. The maximum Gasteiger partial charge on any atom is 0.0789 e. The van der Waals surface area contributed by atoms with Crippen LogP contribution < -0.4 is 23.0 Å².